The quantitative estimate of drug-likeness (QED) is 0.239. The highest BCUT2D eigenvalue weighted by Crippen LogP contribution is 2.11. The molecule has 7 heteroatoms. The van der Waals surface area contributed by atoms with Gasteiger partial charge in [-0.15, -0.1) is 0 Å². The molecule has 0 spiro atoms. The van der Waals surface area contributed by atoms with Crippen molar-refractivity contribution in [1.29, 1.82) is 0 Å². The number of esters is 3. The SMILES string of the molecule is C=C(CC(=O)OCCOCCCC)C(=O)OCC(=O)Oc1ccc(C)cc1. The Balaban J connectivity index is 2.21. The number of hydrogen-bond donors (Lipinski definition) is 0. The molecule has 0 fully saturated rings. The third-order valence-corrected chi connectivity index (χ3v) is 3.35. The molecule has 0 radical (unpaired) electrons. The van der Waals surface area contributed by atoms with Gasteiger partial charge in [0.1, 0.15) is 12.4 Å². The summed E-state index contributed by atoms with van der Waals surface area (Å²) in [5, 5.41) is 0. The molecule has 0 amide bonds. The predicted octanol–water partition coefficient (Wildman–Crippen LogP) is 2.75. The molecule has 0 saturated heterocycles. The number of carbonyl (C=O) groups is 3. The third kappa shape index (κ3) is 10.2. The van der Waals surface area contributed by atoms with Crippen molar-refractivity contribution < 1.29 is 33.3 Å². The molecule has 1 aromatic rings. The van der Waals surface area contributed by atoms with Crippen LogP contribution in [0.2, 0.25) is 0 Å². The van der Waals surface area contributed by atoms with E-state index in [-0.39, 0.29) is 18.6 Å². The minimum atomic E-state index is -0.855. The second-order valence-electron chi connectivity index (χ2n) is 5.83. The molecular weight excluding hydrogens is 352 g/mol. The molecule has 148 valence electrons. The van der Waals surface area contributed by atoms with Gasteiger partial charge in [0.15, 0.2) is 6.61 Å². The number of aryl methyl sites for hydroxylation is 1. The zero-order valence-corrected chi connectivity index (χ0v) is 15.8. The topological polar surface area (TPSA) is 88.1 Å². The van der Waals surface area contributed by atoms with E-state index in [2.05, 4.69) is 13.5 Å². The molecule has 0 aliphatic rings. The molecule has 0 atom stereocenters. The van der Waals surface area contributed by atoms with Crippen LogP contribution in [0.25, 0.3) is 0 Å². The molecule has 0 heterocycles. The Kier molecular flexibility index (Phi) is 10.5. The number of carbonyl (C=O) groups excluding carboxylic acids is 3. The van der Waals surface area contributed by atoms with E-state index in [1.165, 1.54) is 0 Å². The van der Waals surface area contributed by atoms with E-state index in [0.29, 0.717) is 19.0 Å². The number of unbranched alkanes of at least 4 members (excludes halogenated alkanes) is 1. The smallest absolute Gasteiger partial charge is 0.349 e. The first-order valence-corrected chi connectivity index (χ1v) is 8.78. The minimum absolute atomic E-state index is 0.102. The highest BCUT2D eigenvalue weighted by molar-refractivity contribution is 5.94. The van der Waals surface area contributed by atoms with Gasteiger partial charge >= 0.3 is 17.9 Å². The van der Waals surface area contributed by atoms with Crippen LogP contribution in [-0.2, 0) is 28.6 Å². The van der Waals surface area contributed by atoms with Gasteiger partial charge in [-0.25, -0.2) is 9.59 Å². The van der Waals surface area contributed by atoms with E-state index >= 15 is 0 Å². The molecule has 0 unspecified atom stereocenters. The molecule has 0 bridgehead atoms. The van der Waals surface area contributed by atoms with Crippen LogP contribution in [0.3, 0.4) is 0 Å². The highest BCUT2D eigenvalue weighted by atomic mass is 16.6. The lowest BCUT2D eigenvalue weighted by molar-refractivity contribution is -0.152. The summed E-state index contributed by atoms with van der Waals surface area (Å²) in [6.45, 7) is 7.88. The molecule has 0 aliphatic heterocycles. The standard InChI is InChI=1S/C20H26O7/c1-4-5-10-24-11-12-25-18(21)13-16(3)20(23)26-14-19(22)27-17-8-6-15(2)7-9-17/h6-9H,3-5,10-14H2,1-2H3. The average Bonchev–Trinajstić information content (AvgIpc) is 2.64. The maximum atomic E-state index is 11.8. The van der Waals surface area contributed by atoms with Gasteiger partial charge in [0.05, 0.1) is 13.0 Å². The summed E-state index contributed by atoms with van der Waals surface area (Å²) in [4.78, 5) is 35.0. The number of ether oxygens (including phenoxy) is 4. The summed E-state index contributed by atoms with van der Waals surface area (Å²) >= 11 is 0. The van der Waals surface area contributed by atoms with Crippen LogP contribution in [0.4, 0.5) is 0 Å². The second-order valence-corrected chi connectivity index (χ2v) is 5.83. The maximum absolute atomic E-state index is 11.8. The summed E-state index contributed by atoms with van der Waals surface area (Å²) in [7, 11) is 0. The lowest BCUT2D eigenvalue weighted by atomic mass is 10.2. The fraction of sp³-hybridized carbons (Fsp3) is 0.450. The first kappa shape index (κ1) is 22.4. The van der Waals surface area contributed by atoms with Gasteiger partial charge in [0.2, 0.25) is 0 Å². The monoisotopic (exact) mass is 378 g/mol. The van der Waals surface area contributed by atoms with Crippen LogP contribution in [0.5, 0.6) is 5.75 Å². The molecule has 0 saturated carbocycles. The van der Waals surface area contributed by atoms with E-state index < -0.39 is 24.5 Å². The van der Waals surface area contributed by atoms with Gasteiger partial charge in [0, 0.05) is 12.2 Å². The van der Waals surface area contributed by atoms with Crippen LogP contribution in [-0.4, -0.2) is 44.3 Å². The largest absolute Gasteiger partial charge is 0.463 e. The van der Waals surface area contributed by atoms with Crippen molar-refractivity contribution in [3.05, 3.63) is 42.0 Å². The summed E-state index contributed by atoms with van der Waals surface area (Å²) in [5.41, 5.74) is 0.923. The van der Waals surface area contributed by atoms with Crippen molar-refractivity contribution in [3.63, 3.8) is 0 Å². The number of hydrogen-bond acceptors (Lipinski definition) is 7. The summed E-state index contributed by atoms with van der Waals surface area (Å²) < 4.78 is 20.0. The lowest BCUT2D eigenvalue weighted by Gasteiger charge is -2.08. The average molecular weight is 378 g/mol. The van der Waals surface area contributed by atoms with Gasteiger partial charge < -0.3 is 18.9 Å². The second kappa shape index (κ2) is 12.6. The fourth-order valence-electron chi connectivity index (χ4n) is 1.85. The summed E-state index contributed by atoms with van der Waals surface area (Å²) in [6.07, 6.45) is 1.66. The Bertz CT molecular complexity index is 634. The highest BCUT2D eigenvalue weighted by Gasteiger charge is 2.16. The van der Waals surface area contributed by atoms with E-state index in [1.54, 1.807) is 24.3 Å². The third-order valence-electron chi connectivity index (χ3n) is 3.35. The van der Waals surface area contributed by atoms with Gasteiger partial charge in [-0.05, 0) is 25.5 Å². The van der Waals surface area contributed by atoms with Crippen molar-refractivity contribution in [3.8, 4) is 5.75 Å². The van der Waals surface area contributed by atoms with Gasteiger partial charge in [-0.3, -0.25) is 4.79 Å². The van der Waals surface area contributed by atoms with E-state index in [4.69, 9.17) is 18.9 Å². The van der Waals surface area contributed by atoms with E-state index in [9.17, 15) is 14.4 Å². The van der Waals surface area contributed by atoms with Crippen molar-refractivity contribution in [2.24, 2.45) is 0 Å². The molecule has 1 rings (SSSR count). The molecule has 7 nitrogen and oxygen atoms in total. The fourth-order valence-corrected chi connectivity index (χ4v) is 1.85. The Morgan fingerprint density at radius 2 is 1.67 bits per heavy atom. The Hall–Kier alpha value is -2.67. The summed E-state index contributed by atoms with van der Waals surface area (Å²) in [5.74, 6) is -1.85. The van der Waals surface area contributed by atoms with Crippen LogP contribution in [0, 0.1) is 6.92 Å². The molecule has 1 aromatic carbocycles. The van der Waals surface area contributed by atoms with Crippen molar-refractivity contribution in [1.82, 2.24) is 0 Å². The summed E-state index contributed by atoms with van der Waals surface area (Å²) in [6, 6.07) is 6.85. The molecule has 0 aromatic heterocycles. The molecular formula is C20H26O7. The first-order valence-electron chi connectivity index (χ1n) is 8.78. The maximum Gasteiger partial charge on any atom is 0.349 e. The van der Waals surface area contributed by atoms with E-state index in [1.807, 2.05) is 6.92 Å². The van der Waals surface area contributed by atoms with Crippen molar-refractivity contribution in [2.75, 3.05) is 26.4 Å². The van der Waals surface area contributed by atoms with Crippen LogP contribution in [0.1, 0.15) is 31.7 Å². The molecule has 0 N–H and O–H groups in total. The van der Waals surface area contributed by atoms with Gasteiger partial charge in [-0.1, -0.05) is 37.6 Å². The van der Waals surface area contributed by atoms with Crippen molar-refractivity contribution in [2.45, 2.75) is 33.1 Å². The van der Waals surface area contributed by atoms with Crippen LogP contribution >= 0.6 is 0 Å². The molecule has 27 heavy (non-hydrogen) atoms. The van der Waals surface area contributed by atoms with Crippen LogP contribution in [0.15, 0.2) is 36.4 Å². The van der Waals surface area contributed by atoms with Gasteiger partial charge in [-0.2, -0.15) is 0 Å². The van der Waals surface area contributed by atoms with Crippen LogP contribution < -0.4 is 4.74 Å². The van der Waals surface area contributed by atoms with Gasteiger partial charge in [0.25, 0.3) is 0 Å². The Morgan fingerprint density at radius 1 is 0.963 bits per heavy atom. The zero-order chi connectivity index (χ0) is 20.1. The lowest BCUT2D eigenvalue weighted by Crippen LogP contribution is -2.21. The number of benzene rings is 1. The molecule has 0 aliphatic carbocycles. The zero-order valence-electron chi connectivity index (χ0n) is 15.8. The Morgan fingerprint density at radius 3 is 2.33 bits per heavy atom. The number of rotatable bonds is 12. The predicted molar refractivity (Wildman–Crippen MR) is 98.2 cm³/mol. The normalized spacial score (nSPS) is 10.1. The van der Waals surface area contributed by atoms with E-state index in [0.717, 1.165) is 18.4 Å². The minimum Gasteiger partial charge on any atom is -0.463 e. The van der Waals surface area contributed by atoms with Crippen molar-refractivity contribution >= 4 is 17.9 Å². The Labute approximate surface area is 159 Å². The first-order chi connectivity index (χ1) is 12.9.